The highest BCUT2D eigenvalue weighted by Gasteiger charge is 2.49. The SMILES string of the molecule is COc1cccc2c1-c1ccccc1C2(Oc1ccccc1)Oc1ccccc1. The predicted octanol–water partition coefficient (Wildman–Crippen LogP) is 6.03. The van der Waals surface area contributed by atoms with Crippen molar-refractivity contribution in [1.82, 2.24) is 0 Å². The molecule has 0 heterocycles. The van der Waals surface area contributed by atoms with E-state index < -0.39 is 5.79 Å². The van der Waals surface area contributed by atoms with Crippen molar-refractivity contribution in [2.24, 2.45) is 0 Å². The third-order valence-corrected chi connectivity index (χ3v) is 5.16. The van der Waals surface area contributed by atoms with Gasteiger partial charge in [-0.2, -0.15) is 0 Å². The zero-order valence-corrected chi connectivity index (χ0v) is 16.0. The number of para-hydroxylation sites is 2. The summed E-state index contributed by atoms with van der Waals surface area (Å²) in [7, 11) is 1.69. The summed E-state index contributed by atoms with van der Waals surface area (Å²) < 4.78 is 19.0. The van der Waals surface area contributed by atoms with Crippen molar-refractivity contribution in [2.75, 3.05) is 7.11 Å². The Morgan fingerprint density at radius 1 is 0.552 bits per heavy atom. The molecule has 0 spiro atoms. The third-order valence-electron chi connectivity index (χ3n) is 5.16. The lowest BCUT2D eigenvalue weighted by molar-refractivity contribution is -0.0806. The number of ether oxygens (including phenoxy) is 3. The molecule has 0 atom stereocenters. The van der Waals surface area contributed by atoms with Crippen LogP contribution in [0.3, 0.4) is 0 Å². The zero-order chi connectivity index (χ0) is 19.7. The molecule has 4 aromatic carbocycles. The van der Waals surface area contributed by atoms with Crippen LogP contribution in [0.2, 0.25) is 0 Å². The molecule has 0 unspecified atom stereocenters. The lowest BCUT2D eigenvalue weighted by Gasteiger charge is -2.33. The first-order valence-corrected chi connectivity index (χ1v) is 9.57. The van der Waals surface area contributed by atoms with E-state index in [1.54, 1.807) is 7.11 Å². The molecule has 0 N–H and O–H groups in total. The second kappa shape index (κ2) is 7.02. The molecule has 0 aromatic heterocycles. The van der Waals surface area contributed by atoms with Gasteiger partial charge in [0.2, 0.25) is 0 Å². The van der Waals surface area contributed by atoms with Gasteiger partial charge in [-0.05, 0) is 42.0 Å². The maximum absolute atomic E-state index is 6.64. The lowest BCUT2D eigenvalue weighted by Crippen LogP contribution is -2.39. The second-order valence-corrected chi connectivity index (χ2v) is 6.88. The summed E-state index contributed by atoms with van der Waals surface area (Å²) >= 11 is 0. The summed E-state index contributed by atoms with van der Waals surface area (Å²) in [6, 6.07) is 33.7. The van der Waals surface area contributed by atoms with Gasteiger partial charge >= 0.3 is 5.79 Å². The Bertz CT molecular complexity index is 1100. The van der Waals surface area contributed by atoms with Gasteiger partial charge in [0.15, 0.2) is 0 Å². The van der Waals surface area contributed by atoms with Crippen LogP contribution in [-0.4, -0.2) is 7.11 Å². The standard InChI is InChI=1S/C26H20O3/c1-27-24-18-10-17-23-25(24)21-15-8-9-16-22(21)26(23,28-19-11-4-2-5-12-19)29-20-13-6-3-7-14-20/h2-18H,1H3. The molecule has 0 aliphatic heterocycles. The van der Waals surface area contributed by atoms with Crippen LogP contribution in [0.1, 0.15) is 11.1 Å². The number of fused-ring (bicyclic) bond motifs is 3. The first kappa shape index (κ1) is 17.4. The van der Waals surface area contributed by atoms with E-state index in [1.807, 2.05) is 91.0 Å². The topological polar surface area (TPSA) is 27.7 Å². The molecule has 142 valence electrons. The fourth-order valence-corrected chi connectivity index (χ4v) is 3.94. The van der Waals surface area contributed by atoms with Gasteiger partial charge in [-0.25, -0.2) is 0 Å². The summed E-state index contributed by atoms with van der Waals surface area (Å²) in [5.41, 5.74) is 3.92. The van der Waals surface area contributed by atoms with E-state index >= 15 is 0 Å². The van der Waals surface area contributed by atoms with E-state index in [4.69, 9.17) is 14.2 Å². The monoisotopic (exact) mass is 380 g/mol. The van der Waals surface area contributed by atoms with Gasteiger partial charge in [0.25, 0.3) is 0 Å². The Kier molecular flexibility index (Phi) is 4.21. The van der Waals surface area contributed by atoms with Gasteiger partial charge in [0.1, 0.15) is 17.2 Å². The number of hydrogen-bond acceptors (Lipinski definition) is 3. The number of rotatable bonds is 5. The van der Waals surface area contributed by atoms with Gasteiger partial charge < -0.3 is 14.2 Å². The lowest BCUT2D eigenvalue weighted by atomic mass is 10.0. The van der Waals surface area contributed by atoms with E-state index in [1.165, 1.54) is 0 Å². The highest BCUT2D eigenvalue weighted by atomic mass is 16.7. The van der Waals surface area contributed by atoms with Crippen LogP contribution in [0.15, 0.2) is 103 Å². The van der Waals surface area contributed by atoms with E-state index in [0.717, 1.165) is 39.5 Å². The minimum absolute atomic E-state index is 0.730. The van der Waals surface area contributed by atoms with Gasteiger partial charge in [0.05, 0.1) is 12.7 Å². The van der Waals surface area contributed by atoms with Crippen LogP contribution in [-0.2, 0) is 5.79 Å². The van der Waals surface area contributed by atoms with Gasteiger partial charge in [-0.15, -0.1) is 0 Å². The van der Waals surface area contributed by atoms with Crippen LogP contribution >= 0.6 is 0 Å². The molecule has 3 nitrogen and oxygen atoms in total. The van der Waals surface area contributed by atoms with Crippen molar-refractivity contribution >= 4 is 0 Å². The molecule has 3 heteroatoms. The molecule has 5 rings (SSSR count). The van der Waals surface area contributed by atoms with E-state index in [9.17, 15) is 0 Å². The van der Waals surface area contributed by atoms with Crippen LogP contribution in [0.25, 0.3) is 11.1 Å². The fourth-order valence-electron chi connectivity index (χ4n) is 3.94. The molecule has 0 bridgehead atoms. The molecule has 0 amide bonds. The first-order valence-electron chi connectivity index (χ1n) is 9.57. The Morgan fingerprint density at radius 2 is 1.10 bits per heavy atom. The zero-order valence-electron chi connectivity index (χ0n) is 16.0. The largest absolute Gasteiger partial charge is 0.496 e. The quantitative estimate of drug-likeness (QED) is 0.395. The summed E-state index contributed by atoms with van der Waals surface area (Å²) in [6.07, 6.45) is 0. The Morgan fingerprint density at radius 3 is 1.72 bits per heavy atom. The highest BCUT2D eigenvalue weighted by Crippen LogP contribution is 2.53. The van der Waals surface area contributed by atoms with Crippen molar-refractivity contribution < 1.29 is 14.2 Å². The van der Waals surface area contributed by atoms with E-state index in [2.05, 4.69) is 12.1 Å². The molecular weight excluding hydrogens is 360 g/mol. The molecular formula is C26H20O3. The van der Waals surface area contributed by atoms with Crippen molar-refractivity contribution in [3.8, 4) is 28.4 Å². The minimum atomic E-state index is -1.12. The van der Waals surface area contributed by atoms with Crippen molar-refractivity contribution in [2.45, 2.75) is 5.79 Å². The van der Waals surface area contributed by atoms with Crippen LogP contribution in [0.5, 0.6) is 17.2 Å². The summed E-state index contributed by atoms with van der Waals surface area (Å²) in [5, 5.41) is 0. The average molecular weight is 380 g/mol. The Balaban J connectivity index is 1.78. The number of methoxy groups -OCH3 is 1. The minimum Gasteiger partial charge on any atom is -0.496 e. The average Bonchev–Trinajstić information content (AvgIpc) is 3.05. The van der Waals surface area contributed by atoms with Crippen LogP contribution in [0, 0.1) is 0 Å². The second-order valence-electron chi connectivity index (χ2n) is 6.88. The highest BCUT2D eigenvalue weighted by molar-refractivity contribution is 5.84. The predicted molar refractivity (Wildman–Crippen MR) is 113 cm³/mol. The van der Waals surface area contributed by atoms with E-state index in [-0.39, 0.29) is 0 Å². The molecule has 4 aromatic rings. The molecule has 0 radical (unpaired) electrons. The molecule has 0 saturated carbocycles. The Hall–Kier alpha value is -3.72. The molecule has 0 fully saturated rings. The normalized spacial score (nSPS) is 13.3. The third kappa shape index (κ3) is 2.83. The maximum Gasteiger partial charge on any atom is 0.306 e. The number of benzene rings is 4. The van der Waals surface area contributed by atoms with Crippen LogP contribution < -0.4 is 14.2 Å². The van der Waals surface area contributed by atoms with Crippen LogP contribution in [0.4, 0.5) is 0 Å². The Labute approximate surface area is 170 Å². The number of hydrogen-bond donors (Lipinski definition) is 0. The molecule has 1 aliphatic carbocycles. The smallest absolute Gasteiger partial charge is 0.306 e. The maximum atomic E-state index is 6.64. The van der Waals surface area contributed by atoms with Crippen molar-refractivity contribution in [3.05, 3.63) is 114 Å². The molecule has 1 aliphatic rings. The summed E-state index contributed by atoms with van der Waals surface area (Å²) in [4.78, 5) is 0. The van der Waals surface area contributed by atoms with E-state index in [0.29, 0.717) is 0 Å². The first-order chi connectivity index (χ1) is 14.3. The van der Waals surface area contributed by atoms with Crippen molar-refractivity contribution in [1.29, 1.82) is 0 Å². The van der Waals surface area contributed by atoms with Gasteiger partial charge in [0, 0.05) is 11.1 Å². The van der Waals surface area contributed by atoms with Crippen molar-refractivity contribution in [3.63, 3.8) is 0 Å². The van der Waals surface area contributed by atoms with Gasteiger partial charge in [-0.3, -0.25) is 0 Å². The van der Waals surface area contributed by atoms with Gasteiger partial charge in [-0.1, -0.05) is 66.7 Å². The summed E-state index contributed by atoms with van der Waals surface area (Å²) in [5.74, 6) is 1.14. The summed E-state index contributed by atoms with van der Waals surface area (Å²) in [6.45, 7) is 0. The fraction of sp³-hybridized carbons (Fsp3) is 0.0769. The molecule has 0 saturated heterocycles. The molecule has 29 heavy (non-hydrogen) atoms.